The van der Waals surface area contributed by atoms with Crippen molar-refractivity contribution in [3.05, 3.63) is 51.6 Å². The van der Waals surface area contributed by atoms with Gasteiger partial charge in [0.1, 0.15) is 11.5 Å². The van der Waals surface area contributed by atoms with Crippen molar-refractivity contribution in [2.75, 3.05) is 20.8 Å². The van der Waals surface area contributed by atoms with Crippen LogP contribution in [0.15, 0.2) is 35.4 Å². The standard InChI is InChI=1S/C18H19N3O7/c1-4-28-16-8-11(7-14(17(16)22)21(24)25)10-19-20-18(23)13-6-5-12(26-2)9-15(13)27-3/h5-10,22H,4H2,1-3H3,(H,20,23)/b19-10-. The number of carbonyl (C=O) groups is 1. The van der Waals surface area contributed by atoms with Crippen molar-refractivity contribution in [3.63, 3.8) is 0 Å². The second-order valence-electron chi connectivity index (χ2n) is 5.34. The van der Waals surface area contributed by atoms with E-state index in [0.717, 1.165) is 6.07 Å². The van der Waals surface area contributed by atoms with E-state index in [1.807, 2.05) is 0 Å². The number of nitro groups is 1. The number of hydrazone groups is 1. The smallest absolute Gasteiger partial charge is 0.315 e. The fourth-order valence-electron chi connectivity index (χ4n) is 2.30. The minimum Gasteiger partial charge on any atom is -0.500 e. The molecule has 0 atom stereocenters. The highest BCUT2D eigenvalue weighted by atomic mass is 16.6. The van der Waals surface area contributed by atoms with Crippen LogP contribution in [0, 0.1) is 10.1 Å². The molecule has 0 aliphatic carbocycles. The Morgan fingerprint density at radius 2 is 2.00 bits per heavy atom. The number of hydrogen-bond acceptors (Lipinski definition) is 8. The number of benzene rings is 2. The number of methoxy groups -OCH3 is 2. The lowest BCUT2D eigenvalue weighted by atomic mass is 10.2. The van der Waals surface area contributed by atoms with Gasteiger partial charge in [-0.1, -0.05) is 0 Å². The second kappa shape index (κ2) is 9.21. The van der Waals surface area contributed by atoms with Crippen LogP contribution in [-0.4, -0.2) is 43.0 Å². The molecule has 1 amide bonds. The van der Waals surface area contributed by atoms with E-state index in [1.54, 1.807) is 19.1 Å². The lowest BCUT2D eigenvalue weighted by Crippen LogP contribution is -2.18. The Hall–Kier alpha value is -3.82. The molecule has 2 N–H and O–H groups in total. The third-order valence-electron chi connectivity index (χ3n) is 3.61. The molecule has 148 valence electrons. The first-order valence-corrected chi connectivity index (χ1v) is 8.10. The number of ether oxygens (including phenoxy) is 3. The Balaban J connectivity index is 2.22. The Bertz CT molecular complexity index is 912. The molecule has 10 heteroatoms. The van der Waals surface area contributed by atoms with Gasteiger partial charge in [0.25, 0.3) is 5.91 Å². The molecular weight excluding hydrogens is 370 g/mol. The molecule has 0 saturated carbocycles. The molecule has 0 fully saturated rings. The first kappa shape index (κ1) is 20.5. The largest absolute Gasteiger partial charge is 0.500 e. The summed E-state index contributed by atoms with van der Waals surface area (Å²) in [6.07, 6.45) is 1.20. The van der Waals surface area contributed by atoms with E-state index >= 15 is 0 Å². The zero-order valence-corrected chi connectivity index (χ0v) is 15.5. The number of phenols is 1. The number of rotatable bonds is 8. The van der Waals surface area contributed by atoms with Gasteiger partial charge in [-0.3, -0.25) is 14.9 Å². The highest BCUT2D eigenvalue weighted by Gasteiger charge is 2.20. The summed E-state index contributed by atoms with van der Waals surface area (Å²) in [5, 5.41) is 24.7. The second-order valence-corrected chi connectivity index (χ2v) is 5.34. The van der Waals surface area contributed by atoms with Crippen LogP contribution in [0.25, 0.3) is 0 Å². The van der Waals surface area contributed by atoms with E-state index in [4.69, 9.17) is 14.2 Å². The first-order chi connectivity index (χ1) is 13.4. The Morgan fingerprint density at radius 1 is 1.25 bits per heavy atom. The lowest BCUT2D eigenvalue weighted by Gasteiger charge is -2.09. The first-order valence-electron chi connectivity index (χ1n) is 8.10. The van der Waals surface area contributed by atoms with E-state index in [2.05, 4.69) is 10.5 Å². The van der Waals surface area contributed by atoms with Crippen molar-refractivity contribution in [2.45, 2.75) is 6.92 Å². The maximum absolute atomic E-state index is 12.3. The highest BCUT2D eigenvalue weighted by molar-refractivity contribution is 5.97. The molecular formula is C18H19N3O7. The van der Waals surface area contributed by atoms with Crippen LogP contribution in [-0.2, 0) is 0 Å². The monoisotopic (exact) mass is 389 g/mol. The van der Waals surface area contributed by atoms with Crippen LogP contribution in [0.1, 0.15) is 22.8 Å². The zero-order valence-electron chi connectivity index (χ0n) is 15.5. The van der Waals surface area contributed by atoms with E-state index in [-0.39, 0.29) is 23.5 Å². The van der Waals surface area contributed by atoms with Crippen molar-refractivity contribution >= 4 is 17.8 Å². The SMILES string of the molecule is CCOc1cc(/C=N\NC(=O)c2ccc(OC)cc2OC)cc([N+](=O)[O-])c1O. The minimum atomic E-state index is -0.740. The third kappa shape index (κ3) is 4.67. The van der Waals surface area contributed by atoms with Crippen molar-refractivity contribution < 1.29 is 29.0 Å². The molecule has 0 spiro atoms. The average molecular weight is 389 g/mol. The molecule has 0 aromatic heterocycles. The van der Waals surface area contributed by atoms with Gasteiger partial charge in [-0.25, -0.2) is 5.43 Å². The van der Waals surface area contributed by atoms with Gasteiger partial charge in [0.15, 0.2) is 5.75 Å². The normalized spacial score (nSPS) is 10.5. The number of amides is 1. The molecule has 2 aromatic rings. The molecule has 0 saturated heterocycles. The average Bonchev–Trinajstić information content (AvgIpc) is 2.69. The molecule has 10 nitrogen and oxygen atoms in total. The molecule has 0 bridgehead atoms. The number of aromatic hydroxyl groups is 1. The number of hydrogen-bond donors (Lipinski definition) is 2. The highest BCUT2D eigenvalue weighted by Crippen LogP contribution is 2.36. The molecule has 2 rings (SSSR count). The van der Waals surface area contributed by atoms with Gasteiger partial charge in [0, 0.05) is 17.7 Å². The van der Waals surface area contributed by atoms with Crippen LogP contribution in [0.2, 0.25) is 0 Å². The number of nitrogens with one attached hydrogen (secondary N) is 1. The summed E-state index contributed by atoms with van der Waals surface area (Å²) in [6.45, 7) is 1.88. The van der Waals surface area contributed by atoms with Gasteiger partial charge in [0.05, 0.1) is 37.5 Å². The predicted octanol–water partition coefficient (Wildman–Crippen LogP) is 2.48. The summed E-state index contributed by atoms with van der Waals surface area (Å²) < 4.78 is 15.4. The quantitative estimate of drug-likeness (QED) is 0.402. The fraction of sp³-hybridized carbons (Fsp3) is 0.222. The summed E-state index contributed by atoms with van der Waals surface area (Å²) in [7, 11) is 2.91. The summed E-state index contributed by atoms with van der Waals surface area (Å²) in [4.78, 5) is 22.6. The molecule has 0 radical (unpaired) electrons. The molecule has 2 aromatic carbocycles. The molecule has 0 aliphatic rings. The van der Waals surface area contributed by atoms with Gasteiger partial charge < -0.3 is 19.3 Å². The molecule has 0 aliphatic heterocycles. The van der Waals surface area contributed by atoms with Crippen molar-refractivity contribution in [1.29, 1.82) is 0 Å². The van der Waals surface area contributed by atoms with Crippen molar-refractivity contribution in [2.24, 2.45) is 5.10 Å². The topological polar surface area (TPSA) is 133 Å². The minimum absolute atomic E-state index is 0.0544. The van der Waals surface area contributed by atoms with E-state index in [0.29, 0.717) is 11.5 Å². The van der Waals surface area contributed by atoms with E-state index in [9.17, 15) is 20.0 Å². The summed E-state index contributed by atoms with van der Waals surface area (Å²) >= 11 is 0. The molecule has 0 unspecified atom stereocenters. The maximum Gasteiger partial charge on any atom is 0.315 e. The van der Waals surface area contributed by atoms with E-state index < -0.39 is 22.3 Å². The third-order valence-corrected chi connectivity index (χ3v) is 3.61. The van der Waals surface area contributed by atoms with Crippen LogP contribution < -0.4 is 19.6 Å². The lowest BCUT2D eigenvalue weighted by molar-refractivity contribution is -0.386. The zero-order chi connectivity index (χ0) is 20.7. The Kier molecular flexibility index (Phi) is 6.74. The number of nitro benzene ring substituents is 1. The van der Waals surface area contributed by atoms with Gasteiger partial charge in [-0.15, -0.1) is 0 Å². The van der Waals surface area contributed by atoms with Crippen molar-refractivity contribution in [3.8, 4) is 23.0 Å². The van der Waals surface area contributed by atoms with Crippen molar-refractivity contribution in [1.82, 2.24) is 5.43 Å². The predicted molar refractivity (Wildman–Crippen MR) is 101 cm³/mol. The number of carbonyl (C=O) groups excluding carboxylic acids is 1. The van der Waals surface area contributed by atoms with Crippen LogP contribution in [0.4, 0.5) is 5.69 Å². The molecule has 28 heavy (non-hydrogen) atoms. The van der Waals surface area contributed by atoms with Gasteiger partial charge in [0.2, 0.25) is 5.75 Å². The number of nitrogens with zero attached hydrogens (tertiary/aromatic N) is 2. The van der Waals surface area contributed by atoms with Crippen LogP contribution in [0.5, 0.6) is 23.0 Å². The van der Waals surface area contributed by atoms with Gasteiger partial charge >= 0.3 is 5.69 Å². The molecule has 0 heterocycles. The summed E-state index contributed by atoms with van der Waals surface area (Å²) in [5.41, 5.74) is 2.27. The Morgan fingerprint density at radius 3 is 2.61 bits per heavy atom. The van der Waals surface area contributed by atoms with Gasteiger partial charge in [-0.2, -0.15) is 5.10 Å². The van der Waals surface area contributed by atoms with E-state index in [1.165, 1.54) is 32.6 Å². The van der Waals surface area contributed by atoms with Crippen LogP contribution in [0.3, 0.4) is 0 Å². The van der Waals surface area contributed by atoms with Crippen LogP contribution >= 0.6 is 0 Å². The summed E-state index contributed by atoms with van der Waals surface area (Å²) in [6, 6.07) is 7.15. The fourth-order valence-corrected chi connectivity index (χ4v) is 2.30. The Labute approximate surface area is 160 Å². The summed E-state index contributed by atoms with van der Waals surface area (Å²) in [5.74, 6) is -0.353. The number of phenolic OH excluding ortho intramolecular Hbond substituents is 1. The van der Waals surface area contributed by atoms with Gasteiger partial charge in [-0.05, 0) is 25.1 Å². The maximum atomic E-state index is 12.3.